The Balaban J connectivity index is 0.000000221. The first-order chi connectivity index (χ1) is 36.6. The summed E-state index contributed by atoms with van der Waals surface area (Å²) in [4.78, 5) is 74.6. The Morgan fingerprint density at radius 1 is 0.605 bits per heavy atom. The van der Waals surface area contributed by atoms with E-state index in [1.165, 1.54) is 24.5 Å². The number of methoxy groups -OCH3 is 2. The second-order valence-corrected chi connectivity index (χ2v) is 19.0. The number of Topliss-reactive ketones (excluding diaryl/α,β-unsaturated/α-hetero) is 2. The van der Waals surface area contributed by atoms with Crippen LogP contribution in [0.2, 0.25) is 10.0 Å². The van der Waals surface area contributed by atoms with Gasteiger partial charge in [0.05, 0.1) is 67.1 Å². The van der Waals surface area contributed by atoms with Crippen LogP contribution in [0.3, 0.4) is 0 Å². The van der Waals surface area contributed by atoms with Crippen molar-refractivity contribution in [2.45, 2.75) is 44.7 Å². The number of ether oxygens (including phenoxy) is 3. The number of rotatable bonds is 19. The van der Waals surface area contributed by atoms with Crippen molar-refractivity contribution in [1.82, 2.24) is 29.7 Å². The zero-order valence-electron chi connectivity index (χ0n) is 43.4. The molecule has 76 heavy (non-hydrogen) atoms. The smallest absolute Gasteiger partial charge is 0.379 e. The quantitative estimate of drug-likeness (QED) is 0.0289. The molecule has 0 radical (unpaired) electrons. The number of esters is 1. The third-order valence-corrected chi connectivity index (χ3v) is 13.5. The van der Waals surface area contributed by atoms with E-state index in [1.54, 1.807) is 57.5 Å². The normalized spacial score (nSPS) is 13.8. The Morgan fingerprint density at radius 2 is 1.01 bits per heavy atom. The van der Waals surface area contributed by atoms with Crippen LogP contribution >= 0.6 is 23.2 Å². The number of piperidine rings is 2. The summed E-state index contributed by atoms with van der Waals surface area (Å²) < 4.78 is 16.2. The number of anilines is 10. The first kappa shape index (κ1) is 56.0. The van der Waals surface area contributed by atoms with Gasteiger partial charge < -0.3 is 60.2 Å². The molecule has 400 valence electrons. The number of ketones is 2. The zero-order chi connectivity index (χ0) is 54.5. The van der Waals surface area contributed by atoms with Crippen LogP contribution in [0.25, 0.3) is 0 Å². The van der Waals surface area contributed by atoms with E-state index in [4.69, 9.17) is 42.5 Å². The maximum Gasteiger partial charge on any atom is 0.379 e. The average Bonchev–Trinajstić information content (AvgIpc) is 3.43. The predicted molar refractivity (Wildman–Crippen MR) is 297 cm³/mol. The zero-order valence-corrected chi connectivity index (χ0v) is 44.9. The Hall–Kier alpha value is -7.78. The molecule has 0 amide bonds. The summed E-state index contributed by atoms with van der Waals surface area (Å²) in [6, 6.07) is 25.9. The molecule has 0 atom stereocenters. The van der Waals surface area contributed by atoms with E-state index in [0.29, 0.717) is 40.6 Å². The summed E-state index contributed by atoms with van der Waals surface area (Å²) >= 11 is 12.7. The van der Waals surface area contributed by atoms with Gasteiger partial charge in [0, 0.05) is 61.8 Å². The van der Waals surface area contributed by atoms with Gasteiger partial charge in [-0.25, -0.2) is 19.6 Å². The molecular formula is C54H62Cl2N12O8. The lowest BCUT2D eigenvalue weighted by molar-refractivity contribution is -0.137. The Labute approximate surface area is 451 Å². The van der Waals surface area contributed by atoms with E-state index in [9.17, 15) is 19.2 Å². The molecule has 22 heteroatoms. The van der Waals surface area contributed by atoms with Crippen LogP contribution in [-0.2, 0) is 14.3 Å². The van der Waals surface area contributed by atoms with E-state index in [1.807, 2.05) is 36.4 Å². The number of aromatic nitrogens is 4. The lowest BCUT2D eigenvalue weighted by Gasteiger charge is -2.36. The molecule has 2 aliphatic heterocycles. The molecule has 2 saturated heterocycles. The minimum Gasteiger partial charge on any atom is -0.494 e. The standard InChI is InChI=1S/C28H33ClN6O4.C26H29ClN6O4/c1-5-39-27(37)25(36)20-8-6-7-9-22(20)31-26-21(29)17-30-28(33-26)32-23-11-10-19(16-24(23)38-4)35-14-12-18(13-15-35)34(2)3;1-32(2)16-10-12-33(13-11-16)17-8-9-21(22(14-17)37-3)30-26-28-15-19(27)24(31-26)29-20-7-5-4-6-18(20)23(34)25(35)36/h6-11,16-18H,5,12-15H2,1-4H3,(H2,30,31,32,33);4-9,14-16H,10-13H2,1-3H3,(H,35,36)(H2,28,29,30,31). The van der Waals surface area contributed by atoms with E-state index in [2.05, 4.69) is 89.0 Å². The number of halogens is 2. The number of nitrogens with one attached hydrogen (secondary N) is 4. The second kappa shape index (κ2) is 26.1. The summed E-state index contributed by atoms with van der Waals surface area (Å²) in [6.45, 7) is 5.65. The number of nitrogens with zero attached hydrogens (tertiary/aromatic N) is 8. The van der Waals surface area contributed by atoms with Gasteiger partial charge in [-0.1, -0.05) is 47.5 Å². The number of benzene rings is 4. The fourth-order valence-corrected chi connectivity index (χ4v) is 9.05. The second-order valence-electron chi connectivity index (χ2n) is 18.2. The number of carboxylic acids is 1. The predicted octanol–water partition coefficient (Wildman–Crippen LogP) is 9.33. The van der Waals surface area contributed by atoms with Gasteiger partial charge in [0.15, 0.2) is 11.6 Å². The summed E-state index contributed by atoms with van der Waals surface area (Å²) in [6.07, 6.45) is 7.29. The van der Waals surface area contributed by atoms with Crippen molar-refractivity contribution in [3.05, 3.63) is 118 Å². The van der Waals surface area contributed by atoms with Crippen molar-refractivity contribution >= 4 is 104 Å². The van der Waals surface area contributed by atoms with Crippen molar-refractivity contribution < 1.29 is 38.5 Å². The SMILES string of the molecule is CCOC(=O)C(=O)c1ccccc1Nc1nc(Nc2ccc(N3CCC(N(C)C)CC3)cc2OC)ncc1Cl.COc1cc(N2CCC(N(C)C)CC2)ccc1Nc1ncc(Cl)c(Nc2ccccc2C(=O)C(=O)O)n1. The first-order valence-electron chi connectivity index (χ1n) is 24.6. The van der Waals surface area contributed by atoms with Gasteiger partial charge in [-0.2, -0.15) is 9.97 Å². The number of aliphatic carboxylic acids is 1. The van der Waals surface area contributed by atoms with Crippen molar-refractivity contribution in [2.24, 2.45) is 0 Å². The van der Waals surface area contributed by atoms with Crippen molar-refractivity contribution in [2.75, 3.05) is 106 Å². The van der Waals surface area contributed by atoms with Crippen molar-refractivity contribution in [3.63, 3.8) is 0 Å². The Kier molecular flexibility index (Phi) is 19.2. The molecular weight excluding hydrogens is 1020 g/mol. The maximum absolute atomic E-state index is 12.6. The van der Waals surface area contributed by atoms with Gasteiger partial charge >= 0.3 is 11.9 Å². The van der Waals surface area contributed by atoms with Crippen molar-refractivity contribution in [3.8, 4) is 11.5 Å². The van der Waals surface area contributed by atoms with Crippen LogP contribution in [0.4, 0.5) is 57.7 Å². The molecule has 0 saturated carbocycles. The lowest BCUT2D eigenvalue weighted by Crippen LogP contribution is -2.41. The first-order valence-corrected chi connectivity index (χ1v) is 25.3. The lowest BCUT2D eigenvalue weighted by atomic mass is 10.0. The number of hydrogen-bond acceptors (Lipinski definition) is 19. The molecule has 0 unspecified atom stereocenters. The van der Waals surface area contributed by atoms with E-state index >= 15 is 0 Å². The molecule has 2 aromatic heterocycles. The molecule has 2 aliphatic rings. The fourth-order valence-electron chi connectivity index (χ4n) is 8.77. The van der Waals surface area contributed by atoms with Gasteiger partial charge in [0.25, 0.3) is 11.6 Å². The summed E-state index contributed by atoms with van der Waals surface area (Å²) in [5.41, 5.74) is 4.30. The molecule has 0 aliphatic carbocycles. The number of carboxylic acid groups (broad SMARTS) is 1. The Morgan fingerprint density at radius 3 is 1.39 bits per heavy atom. The largest absolute Gasteiger partial charge is 0.494 e. The number of para-hydroxylation sites is 2. The number of carbonyl (C=O) groups is 4. The molecule has 5 N–H and O–H groups in total. The van der Waals surface area contributed by atoms with Crippen LogP contribution < -0.4 is 40.5 Å². The van der Waals surface area contributed by atoms with E-state index in [-0.39, 0.29) is 57.0 Å². The van der Waals surface area contributed by atoms with Crippen LogP contribution in [0.15, 0.2) is 97.3 Å². The summed E-state index contributed by atoms with van der Waals surface area (Å²) in [7, 11) is 11.7. The highest BCUT2D eigenvalue weighted by Gasteiger charge is 2.25. The van der Waals surface area contributed by atoms with Crippen LogP contribution in [0.1, 0.15) is 53.3 Å². The van der Waals surface area contributed by atoms with Crippen LogP contribution in [-0.4, -0.2) is 146 Å². The van der Waals surface area contributed by atoms with E-state index < -0.39 is 23.5 Å². The maximum atomic E-state index is 12.6. The molecule has 0 spiro atoms. The van der Waals surface area contributed by atoms with Crippen LogP contribution in [0.5, 0.6) is 11.5 Å². The molecule has 2 fully saturated rings. The van der Waals surface area contributed by atoms with Gasteiger partial charge in [0.2, 0.25) is 11.9 Å². The fraction of sp³-hybridized carbons (Fsp3) is 0.333. The molecule has 0 bridgehead atoms. The molecule has 4 aromatic carbocycles. The number of hydrogen-bond donors (Lipinski definition) is 5. The average molecular weight is 1080 g/mol. The monoisotopic (exact) mass is 1080 g/mol. The topological polar surface area (TPSA) is 229 Å². The Bertz CT molecular complexity index is 3020. The van der Waals surface area contributed by atoms with Crippen LogP contribution in [0, 0.1) is 0 Å². The van der Waals surface area contributed by atoms with Gasteiger partial charge in [-0.15, -0.1) is 0 Å². The highest BCUT2D eigenvalue weighted by molar-refractivity contribution is 6.42. The summed E-state index contributed by atoms with van der Waals surface area (Å²) in [5.74, 6) is -2.01. The van der Waals surface area contributed by atoms with Gasteiger partial charge in [-0.3, -0.25) is 9.59 Å². The van der Waals surface area contributed by atoms with E-state index in [0.717, 1.165) is 63.2 Å². The number of carbonyl (C=O) groups excluding carboxylic acids is 3. The molecule has 6 aromatic rings. The van der Waals surface area contributed by atoms with Crippen molar-refractivity contribution in [1.29, 1.82) is 0 Å². The highest BCUT2D eigenvalue weighted by atomic mass is 35.5. The molecule has 4 heterocycles. The van der Waals surface area contributed by atoms with Gasteiger partial charge in [0.1, 0.15) is 21.5 Å². The van der Waals surface area contributed by atoms with Gasteiger partial charge in [-0.05, 0) is 109 Å². The third kappa shape index (κ3) is 14.1. The molecule has 20 nitrogen and oxygen atoms in total. The minimum absolute atomic E-state index is 0.00828. The molecule has 8 rings (SSSR count). The minimum atomic E-state index is -1.55. The third-order valence-electron chi connectivity index (χ3n) is 13.0. The highest BCUT2D eigenvalue weighted by Crippen LogP contribution is 2.36. The summed E-state index contributed by atoms with van der Waals surface area (Å²) in [5, 5.41) is 21.9.